The van der Waals surface area contributed by atoms with Gasteiger partial charge in [-0.05, 0) is 82.0 Å². The predicted octanol–water partition coefficient (Wildman–Crippen LogP) is 5.11. The maximum atomic E-state index is 5.78. The Labute approximate surface area is 124 Å². The van der Waals surface area contributed by atoms with E-state index in [2.05, 4.69) is 37.9 Å². The summed E-state index contributed by atoms with van der Waals surface area (Å²) >= 11 is 8.98. The molecule has 1 nitrogen and oxygen atoms in total. The van der Waals surface area contributed by atoms with E-state index in [-0.39, 0.29) is 0 Å². The molecule has 0 aliphatic heterocycles. The van der Waals surface area contributed by atoms with Gasteiger partial charge in [-0.15, -0.1) is 11.3 Å². The van der Waals surface area contributed by atoms with Gasteiger partial charge in [0.1, 0.15) is 0 Å². The lowest BCUT2D eigenvalue weighted by atomic mass is 9.78. The Bertz CT molecular complexity index is 350. The van der Waals surface area contributed by atoms with Crippen molar-refractivity contribution >= 4 is 43.2 Å². The minimum Gasteiger partial charge on any atom is -0.330 e. The molecule has 2 rings (SSSR count). The van der Waals surface area contributed by atoms with E-state index in [1.807, 2.05) is 11.3 Å². The van der Waals surface area contributed by atoms with E-state index in [1.165, 1.54) is 58.1 Å². The molecule has 1 heterocycles. The number of rotatable bonds is 5. The molecule has 0 bridgehead atoms. The maximum absolute atomic E-state index is 5.78. The molecule has 0 amide bonds. The van der Waals surface area contributed by atoms with Gasteiger partial charge in [-0.25, -0.2) is 0 Å². The van der Waals surface area contributed by atoms with Crippen LogP contribution in [0.5, 0.6) is 0 Å². The van der Waals surface area contributed by atoms with E-state index in [9.17, 15) is 0 Å². The SMILES string of the molecule is NCCC1(CCc2cc(Br)c(Br)s2)CCCC1. The Morgan fingerprint density at radius 1 is 1.24 bits per heavy atom. The normalized spacial score (nSPS) is 18.8. The van der Waals surface area contributed by atoms with E-state index in [4.69, 9.17) is 5.73 Å². The van der Waals surface area contributed by atoms with Crippen molar-refractivity contribution in [1.82, 2.24) is 0 Å². The Morgan fingerprint density at radius 3 is 2.47 bits per heavy atom. The monoisotopic (exact) mass is 379 g/mol. The molecule has 0 saturated heterocycles. The average Bonchev–Trinajstić information content (AvgIpc) is 2.86. The molecule has 1 aliphatic rings. The van der Waals surface area contributed by atoms with Crippen molar-refractivity contribution in [3.05, 3.63) is 19.2 Å². The van der Waals surface area contributed by atoms with Crippen molar-refractivity contribution in [3.8, 4) is 0 Å². The van der Waals surface area contributed by atoms with Crippen LogP contribution in [0, 0.1) is 5.41 Å². The highest BCUT2D eigenvalue weighted by Crippen LogP contribution is 2.45. The van der Waals surface area contributed by atoms with Crippen LogP contribution in [0.2, 0.25) is 0 Å². The van der Waals surface area contributed by atoms with E-state index in [0.29, 0.717) is 5.41 Å². The topological polar surface area (TPSA) is 26.0 Å². The summed E-state index contributed by atoms with van der Waals surface area (Å²) in [6.45, 7) is 0.845. The Hall–Kier alpha value is 0.620. The molecule has 0 spiro atoms. The van der Waals surface area contributed by atoms with E-state index < -0.39 is 0 Å². The van der Waals surface area contributed by atoms with Crippen LogP contribution in [0.15, 0.2) is 14.3 Å². The maximum Gasteiger partial charge on any atom is 0.0843 e. The number of hydrogen-bond acceptors (Lipinski definition) is 2. The van der Waals surface area contributed by atoms with Gasteiger partial charge >= 0.3 is 0 Å². The molecule has 0 radical (unpaired) electrons. The van der Waals surface area contributed by atoms with Crippen LogP contribution in [0.3, 0.4) is 0 Å². The van der Waals surface area contributed by atoms with Crippen molar-refractivity contribution < 1.29 is 0 Å². The lowest BCUT2D eigenvalue weighted by Gasteiger charge is -2.28. The number of aryl methyl sites for hydroxylation is 1. The second-order valence-corrected chi connectivity index (χ2v) is 8.39. The second-order valence-electron chi connectivity index (χ2n) is 5.08. The highest BCUT2D eigenvalue weighted by atomic mass is 79.9. The van der Waals surface area contributed by atoms with Crippen molar-refractivity contribution in [1.29, 1.82) is 0 Å². The highest BCUT2D eigenvalue weighted by molar-refractivity contribution is 9.13. The third-order valence-corrected chi connectivity index (χ3v) is 7.25. The molecule has 0 aromatic carbocycles. The molecular weight excluding hydrogens is 362 g/mol. The molecular formula is C13H19Br2NS. The van der Waals surface area contributed by atoms with Crippen molar-refractivity contribution in [2.24, 2.45) is 11.1 Å². The van der Waals surface area contributed by atoms with Crippen molar-refractivity contribution in [3.63, 3.8) is 0 Å². The van der Waals surface area contributed by atoms with Gasteiger partial charge in [0.2, 0.25) is 0 Å². The summed E-state index contributed by atoms with van der Waals surface area (Å²) in [6, 6.07) is 2.25. The van der Waals surface area contributed by atoms with E-state index >= 15 is 0 Å². The van der Waals surface area contributed by atoms with Gasteiger partial charge < -0.3 is 5.73 Å². The first-order valence-corrected chi connectivity index (χ1v) is 8.69. The van der Waals surface area contributed by atoms with Crippen LogP contribution in [0.4, 0.5) is 0 Å². The average molecular weight is 381 g/mol. The fourth-order valence-corrected chi connectivity index (χ4v) is 5.14. The zero-order chi connectivity index (χ0) is 12.3. The van der Waals surface area contributed by atoms with Crippen molar-refractivity contribution in [2.45, 2.75) is 44.9 Å². The number of nitrogens with two attached hydrogens (primary N) is 1. The molecule has 0 unspecified atom stereocenters. The van der Waals surface area contributed by atoms with Crippen molar-refractivity contribution in [2.75, 3.05) is 6.54 Å². The fourth-order valence-electron chi connectivity index (χ4n) is 2.96. The highest BCUT2D eigenvalue weighted by Gasteiger charge is 2.32. The number of halogens is 2. The Morgan fingerprint density at radius 2 is 1.94 bits per heavy atom. The molecule has 4 heteroatoms. The van der Waals surface area contributed by atoms with Gasteiger partial charge in [0.15, 0.2) is 0 Å². The third-order valence-electron chi connectivity index (χ3n) is 3.94. The zero-order valence-electron chi connectivity index (χ0n) is 9.98. The summed E-state index contributed by atoms with van der Waals surface area (Å²) in [6.07, 6.45) is 9.30. The van der Waals surface area contributed by atoms with Gasteiger partial charge in [0.25, 0.3) is 0 Å². The predicted molar refractivity (Wildman–Crippen MR) is 82.6 cm³/mol. The van der Waals surface area contributed by atoms with Gasteiger partial charge in [-0.3, -0.25) is 0 Å². The first-order valence-electron chi connectivity index (χ1n) is 6.29. The van der Waals surface area contributed by atoms with Gasteiger partial charge in [-0.1, -0.05) is 12.8 Å². The summed E-state index contributed by atoms with van der Waals surface area (Å²) in [5.74, 6) is 0. The summed E-state index contributed by atoms with van der Waals surface area (Å²) in [5.41, 5.74) is 6.33. The molecule has 2 N–H and O–H groups in total. The molecule has 0 atom stereocenters. The van der Waals surface area contributed by atoms with Crippen LogP contribution in [-0.4, -0.2) is 6.54 Å². The zero-order valence-corrected chi connectivity index (χ0v) is 14.0. The molecule has 1 aromatic rings. The van der Waals surface area contributed by atoms with Gasteiger partial charge in [-0.2, -0.15) is 0 Å². The number of thiophene rings is 1. The van der Waals surface area contributed by atoms with Gasteiger partial charge in [0, 0.05) is 9.35 Å². The first kappa shape index (κ1) is 14.0. The Kier molecular flexibility index (Phi) is 5.10. The smallest absolute Gasteiger partial charge is 0.0843 e. The summed E-state index contributed by atoms with van der Waals surface area (Å²) < 4.78 is 2.41. The molecule has 17 heavy (non-hydrogen) atoms. The largest absolute Gasteiger partial charge is 0.330 e. The molecule has 1 fully saturated rings. The first-order chi connectivity index (χ1) is 8.15. The Balaban J connectivity index is 1.95. The third kappa shape index (κ3) is 3.55. The summed E-state index contributed by atoms with van der Waals surface area (Å²) in [5, 5.41) is 0. The van der Waals surface area contributed by atoms with E-state index in [1.54, 1.807) is 0 Å². The van der Waals surface area contributed by atoms with Gasteiger partial charge in [0.05, 0.1) is 3.79 Å². The summed E-state index contributed by atoms with van der Waals surface area (Å²) in [4.78, 5) is 1.48. The lowest BCUT2D eigenvalue weighted by Crippen LogP contribution is -2.21. The quantitative estimate of drug-likeness (QED) is 0.753. The molecule has 1 aromatic heterocycles. The van der Waals surface area contributed by atoms with Crippen LogP contribution in [-0.2, 0) is 6.42 Å². The fraction of sp³-hybridized carbons (Fsp3) is 0.692. The standard InChI is InChI=1S/C13H19Br2NS/c14-11-9-10(17-12(11)15)3-6-13(7-8-16)4-1-2-5-13/h9H,1-8,16H2. The molecule has 1 aliphatic carbocycles. The van der Waals surface area contributed by atoms with Crippen LogP contribution < -0.4 is 5.73 Å². The molecule has 1 saturated carbocycles. The summed E-state index contributed by atoms with van der Waals surface area (Å²) in [7, 11) is 0. The molecule has 96 valence electrons. The second kappa shape index (κ2) is 6.18. The number of hydrogen-bond donors (Lipinski definition) is 1. The van der Waals surface area contributed by atoms with Crippen LogP contribution in [0.25, 0.3) is 0 Å². The van der Waals surface area contributed by atoms with Crippen LogP contribution >= 0.6 is 43.2 Å². The van der Waals surface area contributed by atoms with E-state index in [0.717, 1.165) is 6.54 Å². The van der Waals surface area contributed by atoms with Crippen LogP contribution in [0.1, 0.15) is 43.4 Å². The minimum atomic E-state index is 0.553. The lowest BCUT2D eigenvalue weighted by molar-refractivity contribution is 0.254. The minimum absolute atomic E-state index is 0.553.